The van der Waals surface area contributed by atoms with Crippen LogP contribution in [-0.2, 0) is 19.0 Å². The van der Waals surface area contributed by atoms with E-state index in [1.54, 1.807) is 12.1 Å². The van der Waals surface area contributed by atoms with Gasteiger partial charge >= 0.3 is 0 Å². The predicted molar refractivity (Wildman–Crippen MR) is 71.0 cm³/mol. The van der Waals surface area contributed by atoms with E-state index >= 15 is 0 Å². The molecule has 1 aromatic carbocycles. The van der Waals surface area contributed by atoms with E-state index in [1.165, 1.54) is 12.1 Å². The van der Waals surface area contributed by atoms with Crippen molar-refractivity contribution >= 4 is 10.1 Å². The molecule has 5 heteroatoms. The van der Waals surface area contributed by atoms with Crippen molar-refractivity contribution in [3.8, 4) is 12.3 Å². The average molecular weight is 280 g/mol. The third kappa shape index (κ3) is 3.57. The summed E-state index contributed by atoms with van der Waals surface area (Å²) in [6.07, 6.45) is 6.24. The second-order valence-electron chi connectivity index (χ2n) is 4.54. The molecule has 0 radical (unpaired) electrons. The van der Waals surface area contributed by atoms with Gasteiger partial charge in [0.15, 0.2) is 0 Å². The summed E-state index contributed by atoms with van der Waals surface area (Å²) < 4.78 is 34.3. The highest BCUT2D eigenvalue weighted by Gasteiger charge is 2.26. The highest BCUT2D eigenvalue weighted by atomic mass is 32.2. The van der Waals surface area contributed by atoms with Crippen LogP contribution in [0.4, 0.5) is 0 Å². The first-order valence-corrected chi connectivity index (χ1v) is 7.50. The molecule has 0 N–H and O–H groups in total. The standard InChI is InChI=1S/C14H16O4S/c1-3-12-6-7-13(18-12)10-17-19(15,16)14-8-4-11(2)5-9-14/h1,4-5,8-9,12-13H,6-7,10H2,2H3/t12?,13-/m1/s1. The molecule has 0 saturated carbocycles. The van der Waals surface area contributed by atoms with Crippen molar-refractivity contribution in [3.05, 3.63) is 29.8 Å². The minimum atomic E-state index is -3.72. The van der Waals surface area contributed by atoms with Crippen LogP contribution in [0, 0.1) is 19.3 Å². The highest BCUT2D eigenvalue weighted by Crippen LogP contribution is 2.21. The SMILES string of the molecule is C#CC1CC[C@H](COS(=O)(=O)c2ccc(C)cc2)O1. The third-order valence-corrected chi connectivity index (χ3v) is 4.31. The Labute approximate surface area is 113 Å². The topological polar surface area (TPSA) is 52.6 Å². The minimum absolute atomic E-state index is 0.00832. The van der Waals surface area contributed by atoms with E-state index in [9.17, 15) is 8.42 Å². The first-order chi connectivity index (χ1) is 9.01. The molecule has 2 atom stereocenters. The van der Waals surface area contributed by atoms with Crippen LogP contribution in [0.25, 0.3) is 0 Å². The molecular formula is C14H16O4S. The summed E-state index contributed by atoms with van der Waals surface area (Å²) in [6.45, 7) is 1.90. The van der Waals surface area contributed by atoms with Gasteiger partial charge in [-0.25, -0.2) is 0 Å². The highest BCUT2D eigenvalue weighted by molar-refractivity contribution is 7.86. The maximum Gasteiger partial charge on any atom is 0.297 e. The Balaban J connectivity index is 1.95. The van der Waals surface area contributed by atoms with Gasteiger partial charge in [-0.05, 0) is 31.9 Å². The van der Waals surface area contributed by atoms with Gasteiger partial charge < -0.3 is 4.74 Å². The van der Waals surface area contributed by atoms with Crippen LogP contribution >= 0.6 is 0 Å². The number of ether oxygens (including phenoxy) is 1. The lowest BCUT2D eigenvalue weighted by molar-refractivity contribution is 0.0438. The average Bonchev–Trinajstić information content (AvgIpc) is 2.85. The van der Waals surface area contributed by atoms with E-state index in [-0.39, 0.29) is 23.7 Å². The summed E-state index contributed by atoms with van der Waals surface area (Å²) in [5, 5.41) is 0. The van der Waals surface area contributed by atoms with E-state index in [1.807, 2.05) is 6.92 Å². The predicted octanol–water partition coefficient (Wildman–Crippen LogP) is 1.88. The van der Waals surface area contributed by atoms with E-state index in [0.717, 1.165) is 18.4 Å². The Hall–Kier alpha value is -1.35. The Morgan fingerprint density at radius 1 is 1.37 bits per heavy atom. The normalized spacial score (nSPS) is 23.2. The van der Waals surface area contributed by atoms with Gasteiger partial charge in [-0.15, -0.1) is 6.42 Å². The summed E-state index contributed by atoms with van der Waals surface area (Å²) in [6, 6.07) is 6.53. The second kappa shape index (κ2) is 5.74. The van der Waals surface area contributed by atoms with E-state index in [2.05, 4.69) is 5.92 Å². The molecule has 0 spiro atoms. The summed E-state index contributed by atoms with van der Waals surface area (Å²) in [7, 11) is -3.72. The first-order valence-electron chi connectivity index (χ1n) is 6.09. The van der Waals surface area contributed by atoms with Crippen LogP contribution < -0.4 is 0 Å². The number of aryl methyl sites for hydroxylation is 1. The fourth-order valence-electron chi connectivity index (χ4n) is 1.89. The van der Waals surface area contributed by atoms with Gasteiger partial charge in [0.1, 0.15) is 6.10 Å². The number of benzene rings is 1. The van der Waals surface area contributed by atoms with Crippen LogP contribution in [0.15, 0.2) is 29.2 Å². The molecule has 1 saturated heterocycles. The molecule has 1 aliphatic rings. The second-order valence-corrected chi connectivity index (χ2v) is 6.16. The molecule has 1 heterocycles. The molecule has 0 amide bonds. The van der Waals surface area contributed by atoms with Crippen LogP contribution in [0.1, 0.15) is 18.4 Å². The molecule has 4 nitrogen and oxygen atoms in total. The van der Waals surface area contributed by atoms with Crippen LogP contribution in [0.2, 0.25) is 0 Å². The lowest BCUT2D eigenvalue weighted by Crippen LogP contribution is -2.19. The van der Waals surface area contributed by atoms with Crippen LogP contribution in [0.5, 0.6) is 0 Å². The Morgan fingerprint density at radius 3 is 2.63 bits per heavy atom. The zero-order valence-electron chi connectivity index (χ0n) is 10.7. The Morgan fingerprint density at radius 2 is 2.05 bits per heavy atom. The molecule has 19 heavy (non-hydrogen) atoms. The van der Waals surface area contributed by atoms with Crippen molar-refractivity contribution in [2.75, 3.05) is 6.61 Å². The van der Waals surface area contributed by atoms with Gasteiger partial charge in [-0.2, -0.15) is 8.42 Å². The fraction of sp³-hybridized carbons (Fsp3) is 0.429. The van der Waals surface area contributed by atoms with Crippen LogP contribution in [-0.4, -0.2) is 27.2 Å². The minimum Gasteiger partial charge on any atom is -0.360 e. The molecule has 0 bridgehead atoms. The molecule has 2 rings (SSSR count). The van der Waals surface area contributed by atoms with Crippen LogP contribution in [0.3, 0.4) is 0 Å². The summed E-state index contributed by atoms with van der Waals surface area (Å²) >= 11 is 0. The molecule has 1 unspecified atom stereocenters. The van der Waals surface area contributed by atoms with E-state index in [4.69, 9.17) is 15.3 Å². The lowest BCUT2D eigenvalue weighted by atomic mass is 10.2. The molecule has 1 fully saturated rings. The molecule has 0 aromatic heterocycles. The van der Waals surface area contributed by atoms with Gasteiger partial charge in [0.2, 0.25) is 0 Å². The summed E-state index contributed by atoms with van der Waals surface area (Å²) in [5.41, 5.74) is 0.995. The van der Waals surface area contributed by atoms with Crippen molar-refractivity contribution in [3.63, 3.8) is 0 Å². The fourth-order valence-corrected chi connectivity index (χ4v) is 2.83. The number of rotatable bonds is 4. The lowest BCUT2D eigenvalue weighted by Gasteiger charge is -2.11. The maximum absolute atomic E-state index is 11.9. The Kier molecular flexibility index (Phi) is 4.25. The van der Waals surface area contributed by atoms with Gasteiger partial charge in [0.25, 0.3) is 10.1 Å². The smallest absolute Gasteiger partial charge is 0.297 e. The van der Waals surface area contributed by atoms with Crippen molar-refractivity contribution < 1.29 is 17.3 Å². The quantitative estimate of drug-likeness (QED) is 0.624. The summed E-state index contributed by atoms with van der Waals surface area (Å²) in [5.74, 6) is 2.50. The van der Waals surface area contributed by atoms with E-state index < -0.39 is 10.1 Å². The van der Waals surface area contributed by atoms with Crippen molar-refractivity contribution in [2.24, 2.45) is 0 Å². The largest absolute Gasteiger partial charge is 0.360 e. The van der Waals surface area contributed by atoms with Gasteiger partial charge in [0.05, 0.1) is 17.6 Å². The molecule has 102 valence electrons. The zero-order chi connectivity index (χ0) is 13.9. The van der Waals surface area contributed by atoms with Gasteiger partial charge in [0, 0.05) is 0 Å². The monoisotopic (exact) mass is 280 g/mol. The Bertz CT molecular complexity index is 568. The number of terminal acetylenes is 1. The summed E-state index contributed by atoms with van der Waals surface area (Å²) in [4.78, 5) is 0.157. The van der Waals surface area contributed by atoms with Crippen molar-refractivity contribution in [2.45, 2.75) is 36.9 Å². The van der Waals surface area contributed by atoms with E-state index in [0.29, 0.717) is 0 Å². The molecule has 1 aromatic rings. The van der Waals surface area contributed by atoms with Gasteiger partial charge in [-0.3, -0.25) is 4.18 Å². The third-order valence-electron chi connectivity index (χ3n) is 3.01. The zero-order valence-corrected chi connectivity index (χ0v) is 11.5. The molecule has 1 aliphatic heterocycles. The van der Waals surface area contributed by atoms with Gasteiger partial charge in [-0.1, -0.05) is 23.6 Å². The van der Waals surface area contributed by atoms with Crippen molar-refractivity contribution in [1.82, 2.24) is 0 Å². The maximum atomic E-state index is 11.9. The molecular weight excluding hydrogens is 264 g/mol. The number of hydrogen-bond donors (Lipinski definition) is 0. The first kappa shape index (κ1) is 14.1. The number of hydrogen-bond acceptors (Lipinski definition) is 4. The molecule has 0 aliphatic carbocycles. The van der Waals surface area contributed by atoms with Crippen molar-refractivity contribution in [1.29, 1.82) is 0 Å².